The molecule has 0 aliphatic carbocycles. The van der Waals surface area contributed by atoms with Gasteiger partial charge in [-0.05, 0) is 31.2 Å². The number of pyridine rings is 1. The molecule has 0 fully saturated rings. The Morgan fingerprint density at radius 1 is 1.17 bits per heavy atom. The van der Waals surface area contributed by atoms with Gasteiger partial charge in [0.2, 0.25) is 0 Å². The van der Waals surface area contributed by atoms with E-state index in [1.165, 1.54) is 24.5 Å². The van der Waals surface area contributed by atoms with Gasteiger partial charge < -0.3 is 14.7 Å². The van der Waals surface area contributed by atoms with Crippen molar-refractivity contribution in [1.29, 1.82) is 0 Å². The van der Waals surface area contributed by atoms with Gasteiger partial charge in [-0.25, -0.2) is 17.4 Å². The molecule has 23 heavy (non-hydrogen) atoms. The average molecular weight is 332 g/mol. The molecule has 2 heterocycles. The molecule has 3 rings (SSSR count). The minimum Gasteiger partial charge on any atom is -0.510 e. The molecule has 0 bridgehead atoms. The van der Waals surface area contributed by atoms with Crippen LogP contribution in [0.25, 0.3) is 11.0 Å². The Hall–Kier alpha value is -2.36. The van der Waals surface area contributed by atoms with Gasteiger partial charge in [-0.15, -0.1) is 0 Å². The molecule has 9 heteroatoms. The van der Waals surface area contributed by atoms with Gasteiger partial charge in [0.25, 0.3) is 10.0 Å². The molecule has 0 spiro atoms. The summed E-state index contributed by atoms with van der Waals surface area (Å²) in [5.41, 5.74) is 1.08. The first-order valence-electron chi connectivity index (χ1n) is 6.71. The Kier molecular flexibility index (Phi) is 3.84. The minimum absolute atomic E-state index is 0.0128. The quantitative estimate of drug-likeness (QED) is 0.689. The summed E-state index contributed by atoms with van der Waals surface area (Å²) in [6.07, 6.45) is 2.62. The lowest BCUT2D eigenvalue weighted by atomic mass is 10.2. The van der Waals surface area contributed by atoms with Crippen molar-refractivity contribution >= 4 is 28.4 Å². The first-order chi connectivity index (χ1) is 10.9. The first kappa shape index (κ1) is 15.5. The maximum Gasteiger partial charge on any atom is 0.707 e. The highest BCUT2D eigenvalue weighted by atomic mass is 32.2. The van der Waals surface area contributed by atoms with Gasteiger partial charge in [-0.2, -0.15) is 0 Å². The van der Waals surface area contributed by atoms with Crippen LogP contribution in [0.5, 0.6) is 5.75 Å². The monoisotopic (exact) mass is 332 g/mol. The van der Waals surface area contributed by atoms with E-state index in [-0.39, 0.29) is 16.3 Å². The molecule has 0 unspecified atom stereocenters. The van der Waals surface area contributed by atoms with Gasteiger partial charge in [-0.1, -0.05) is 17.7 Å². The van der Waals surface area contributed by atoms with Crippen LogP contribution in [0.15, 0.2) is 53.7 Å². The normalized spacial score (nSPS) is 11.6. The molecule has 1 aromatic carbocycles. The maximum absolute atomic E-state index is 12.8. The number of aryl methyl sites for hydroxylation is 1. The van der Waals surface area contributed by atoms with E-state index in [4.69, 9.17) is 14.7 Å². The zero-order valence-electron chi connectivity index (χ0n) is 12.1. The molecule has 2 N–H and O–H groups in total. The fraction of sp³-hybridized carbons (Fsp3) is 0.0714. The second-order valence-corrected chi connectivity index (χ2v) is 6.74. The molecule has 0 saturated carbocycles. The lowest BCUT2D eigenvalue weighted by molar-refractivity contribution is 0.289. The molecule has 118 valence electrons. The van der Waals surface area contributed by atoms with E-state index in [1.807, 2.05) is 6.92 Å². The predicted molar refractivity (Wildman–Crippen MR) is 84.3 cm³/mol. The Balaban J connectivity index is 2.21. The number of aromatic nitrogens is 2. The highest BCUT2D eigenvalue weighted by Crippen LogP contribution is 2.30. The number of fused-ring (bicyclic) bond motifs is 1. The van der Waals surface area contributed by atoms with Gasteiger partial charge in [0, 0.05) is 6.20 Å². The van der Waals surface area contributed by atoms with Crippen molar-refractivity contribution < 1.29 is 23.1 Å². The van der Waals surface area contributed by atoms with E-state index in [9.17, 15) is 8.42 Å². The zero-order valence-corrected chi connectivity index (χ0v) is 12.9. The summed E-state index contributed by atoms with van der Waals surface area (Å²) in [7, 11) is -5.95. The molecule has 3 aromatic rings. The minimum atomic E-state index is -3.89. The third-order valence-corrected chi connectivity index (χ3v) is 4.97. The second-order valence-electron chi connectivity index (χ2n) is 4.93. The van der Waals surface area contributed by atoms with Crippen LogP contribution < -0.4 is 4.65 Å². The Morgan fingerprint density at radius 3 is 2.52 bits per heavy atom. The van der Waals surface area contributed by atoms with E-state index < -0.39 is 17.3 Å². The summed E-state index contributed by atoms with van der Waals surface area (Å²) in [5, 5.41) is 18.3. The maximum atomic E-state index is 12.8. The average Bonchev–Trinajstić information content (AvgIpc) is 2.87. The lowest BCUT2D eigenvalue weighted by Gasteiger charge is -2.06. The highest BCUT2D eigenvalue weighted by molar-refractivity contribution is 7.90. The van der Waals surface area contributed by atoms with Crippen LogP contribution in [-0.4, -0.2) is 34.7 Å². The van der Waals surface area contributed by atoms with E-state index in [1.54, 1.807) is 24.3 Å². The smallest absolute Gasteiger partial charge is 0.510 e. The van der Waals surface area contributed by atoms with Gasteiger partial charge in [0.1, 0.15) is 5.75 Å². The molecule has 0 amide bonds. The van der Waals surface area contributed by atoms with Crippen molar-refractivity contribution in [2.75, 3.05) is 0 Å². The van der Waals surface area contributed by atoms with Crippen molar-refractivity contribution in [2.45, 2.75) is 11.8 Å². The van der Waals surface area contributed by atoms with Crippen LogP contribution in [0.1, 0.15) is 5.56 Å². The highest BCUT2D eigenvalue weighted by Gasteiger charge is 2.24. The van der Waals surface area contributed by atoms with Crippen LogP contribution in [-0.2, 0) is 10.0 Å². The van der Waals surface area contributed by atoms with Gasteiger partial charge in [0.05, 0.1) is 16.5 Å². The van der Waals surface area contributed by atoms with Gasteiger partial charge in [-0.3, -0.25) is 0 Å². The van der Waals surface area contributed by atoms with Crippen LogP contribution in [0, 0.1) is 6.92 Å². The third kappa shape index (κ3) is 2.81. The van der Waals surface area contributed by atoms with Crippen LogP contribution >= 0.6 is 0 Å². The summed E-state index contributed by atoms with van der Waals surface area (Å²) >= 11 is 0. The Morgan fingerprint density at radius 2 is 1.87 bits per heavy atom. The third-order valence-electron chi connectivity index (χ3n) is 3.31. The van der Waals surface area contributed by atoms with Crippen molar-refractivity contribution in [3.8, 4) is 5.75 Å². The largest absolute Gasteiger partial charge is 0.707 e. The summed E-state index contributed by atoms with van der Waals surface area (Å²) < 4.78 is 31.4. The molecule has 0 aliphatic rings. The molecule has 0 aliphatic heterocycles. The summed E-state index contributed by atoms with van der Waals surface area (Å²) in [6.45, 7) is 1.86. The van der Waals surface area contributed by atoms with Crippen molar-refractivity contribution in [1.82, 2.24) is 8.96 Å². The van der Waals surface area contributed by atoms with Crippen molar-refractivity contribution in [2.24, 2.45) is 0 Å². The number of rotatable bonds is 4. The van der Waals surface area contributed by atoms with Gasteiger partial charge in [0.15, 0.2) is 5.65 Å². The zero-order chi connectivity index (χ0) is 16.6. The fourth-order valence-electron chi connectivity index (χ4n) is 2.22. The number of nitrogens with zero attached hydrogens (tertiary/aromatic N) is 2. The molecule has 0 atom stereocenters. The van der Waals surface area contributed by atoms with Crippen LogP contribution in [0.2, 0.25) is 0 Å². The predicted octanol–water partition coefficient (Wildman–Crippen LogP) is 0.930. The Bertz CT molecular complexity index is 951. The van der Waals surface area contributed by atoms with E-state index in [2.05, 4.69) is 4.98 Å². The number of hydrogen-bond donors (Lipinski definition) is 2. The topological polar surface area (TPSA) is 102 Å². The van der Waals surface area contributed by atoms with E-state index in [0.29, 0.717) is 5.39 Å². The number of hydrogen-bond acceptors (Lipinski definition) is 6. The molecule has 7 nitrogen and oxygen atoms in total. The standard InChI is InChI=1S/C14H13BN2O5S/c1-10-4-6-11(7-5-10)23(20,21)17-9-13(22-15(18)19)12-3-2-8-16-14(12)17/h2-9,18-19H,1H3. The van der Waals surface area contributed by atoms with Gasteiger partial charge >= 0.3 is 7.32 Å². The first-order valence-corrected chi connectivity index (χ1v) is 8.15. The second kappa shape index (κ2) is 5.69. The SMILES string of the molecule is Cc1ccc(S(=O)(=O)n2cc(OB(O)O)c3cccnc32)cc1. The molecular weight excluding hydrogens is 319 g/mol. The van der Waals surface area contributed by atoms with E-state index >= 15 is 0 Å². The Labute approximate surface area is 133 Å². The lowest BCUT2D eigenvalue weighted by Crippen LogP contribution is -2.20. The molecule has 0 saturated heterocycles. The summed E-state index contributed by atoms with van der Waals surface area (Å²) in [4.78, 5) is 4.16. The molecular formula is C14H13BN2O5S. The molecule has 0 radical (unpaired) electrons. The van der Waals surface area contributed by atoms with Crippen LogP contribution in [0.3, 0.4) is 0 Å². The fourth-order valence-corrected chi connectivity index (χ4v) is 3.53. The van der Waals surface area contributed by atoms with Crippen molar-refractivity contribution in [3.05, 3.63) is 54.4 Å². The summed E-state index contributed by atoms with van der Waals surface area (Å²) in [6, 6.07) is 9.58. The van der Waals surface area contributed by atoms with Crippen LogP contribution in [0.4, 0.5) is 0 Å². The molecule has 2 aromatic heterocycles. The number of benzene rings is 1. The summed E-state index contributed by atoms with van der Waals surface area (Å²) in [5.74, 6) is 0.0128. The van der Waals surface area contributed by atoms with Crippen molar-refractivity contribution in [3.63, 3.8) is 0 Å². The van der Waals surface area contributed by atoms with E-state index in [0.717, 1.165) is 9.54 Å².